The Labute approximate surface area is 164 Å². The van der Waals surface area contributed by atoms with Gasteiger partial charge in [0.15, 0.2) is 0 Å². The smallest absolute Gasteiger partial charge is 0.262 e. The lowest BCUT2D eigenvalue weighted by atomic mass is 10.0. The van der Waals surface area contributed by atoms with Gasteiger partial charge >= 0.3 is 0 Å². The number of nitrogens with one attached hydrogen (secondary N) is 2. The van der Waals surface area contributed by atoms with Crippen molar-refractivity contribution in [2.24, 2.45) is 0 Å². The minimum atomic E-state index is -0.994. The molecular formula is C18H14ClN5O4. The van der Waals surface area contributed by atoms with Gasteiger partial charge in [-0.05, 0) is 35.7 Å². The normalized spacial score (nSPS) is 18.9. The number of nitrogens with zero attached hydrogens (tertiary/aromatic N) is 3. The highest BCUT2D eigenvalue weighted by Gasteiger charge is 2.45. The molecule has 10 heteroatoms. The number of halogens is 1. The number of carbonyl (C=O) groups is 4. The third-order valence-corrected chi connectivity index (χ3v) is 4.82. The van der Waals surface area contributed by atoms with Crippen molar-refractivity contribution in [3.8, 4) is 0 Å². The van der Waals surface area contributed by atoms with Gasteiger partial charge in [-0.15, -0.1) is 0 Å². The third kappa shape index (κ3) is 3.09. The van der Waals surface area contributed by atoms with Crippen molar-refractivity contribution in [2.75, 3.05) is 5.32 Å². The molecule has 9 nitrogen and oxygen atoms in total. The molecule has 0 aliphatic carbocycles. The Kier molecular flexibility index (Phi) is 4.52. The van der Waals surface area contributed by atoms with Gasteiger partial charge in [0.1, 0.15) is 11.9 Å². The third-order valence-electron chi connectivity index (χ3n) is 4.64. The summed E-state index contributed by atoms with van der Waals surface area (Å²) >= 11 is 5.76. The van der Waals surface area contributed by atoms with Crippen LogP contribution < -0.4 is 10.6 Å². The molecule has 1 aromatic carbocycles. The number of imide groups is 2. The Balaban J connectivity index is 1.61. The molecule has 1 aromatic heterocycles. The van der Waals surface area contributed by atoms with E-state index >= 15 is 0 Å². The van der Waals surface area contributed by atoms with Crippen molar-refractivity contribution in [1.82, 2.24) is 20.2 Å². The van der Waals surface area contributed by atoms with Crippen LogP contribution in [0, 0.1) is 0 Å². The molecule has 0 radical (unpaired) electrons. The summed E-state index contributed by atoms with van der Waals surface area (Å²) in [7, 11) is 0. The lowest BCUT2D eigenvalue weighted by molar-refractivity contribution is -0.136. The number of piperidine rings is 1. The van der Waals surface area contributed by atoms with Crippen LogP contribution in [0.1, 0.15) is 39.1 Å². The average molecular weight is 400 g/mol. The van der Waals surface area contributed by atoms with E-state index in [0.29, 0.717) is 11.4 Å². The van der Waals surface area contributed by atoms with E-state index in [9.17, 15) is 19.2 Å². The van der Waals surface area contributed by atoms with Crippen LogP contribution in [0.25, 0.3) is 0 Å². The maximum Gasteiger partial charge on any atom is 0.262 e. The van der Waals surface area contributed by atoms with E-state index in [0.717, 1.165) is 4.90 Å². The molecule has 1 fully saturated rings. The SMILES string of the molecule is O=C1CCC(N2C(=O)c3cccc(CNc4ccnc(Cl)n4)c3C2=O)C(=O)N1. The molecule has 2 N–H and O–H groups in total. The Morgan fingerprint density at radius 1 is 1.18 bits per heavy atom. The number of hydrogen-bond acceptors (Lipinski definition) is 7. The molecule has 28 heavy (non-hydrogen) atoms. The monoisotopic (exact) mass is 399 g/mol. The van der Waals surface area contributed by atoms with Crippen molar-refractivity contribution >= 4 is 41.0 Å². The Bertz CT molecular complexity index is 1020. The Hall–Kier alpha value is -3.33. The van der Waals surface area contributed by atoms with Crippen molar-refractivity contribution in [3.05, 3.63) is 52.4 Å². The molecule has 2 aromatic rings. The van der Waals surface area contributed by atoms with Crippen molar-refractivity contribution in [1.29, 1.82) is 0 Å². The molecule has 3 heterocycles. The molecule has 0 bridgehead atoms. The number of hydrogen-bond donors (Lipinski definition) is 2. The lowest BCUT2D eigenvalue weighted by Crippen LogP contribution is -2.54. The van der Waals surface area contributed by atoms with E-state index in [1.165, 1.54) is 6.20 Å². The van der Waals surface area contributed by atoms with Gasteiger partial charge in [-0.3, -0.25) is 29.4 Å². The summed E-state index contributed by atoms with van der Waals surface area (Å²) in [4.78, 5) is 58.0. The van der Waals surface area contributed by atoms with Crippen LogP contribution in [0.2, 0.25) is 5.28 Å². The number of anilines is 1. The zero-order valence-corrected chi connectivity index (χ0v) is 15.2. The van der Waals surface area contributed by atoms with E-state index in [-0.39, 0.29) is 35.8 Å². The van der Waals surface area contributed by atoms with E-state index in [1.54, 1.807) is 24.3 Å². The zero-order valence-electron chi connectivity index (χ0n) is 14.4. The van der Waals surface area contributed by atoms with Crippen LogP contribution in [0.4, 0.5) is 5.82 Å². The topological polar surface area (TPSA) is 121 Å². The van der Waals surface area contributed by atoms with Gasteiger partial charge in [0.05, 0.1) is 11.1 Å². The quantitative estimate of drug-likeness (QED) is 0.584. The molecule has 4 amide bonds. The molecule has 1 unspecified atom stereocenters. The summed E-state index contributed by atoms with van der Waals surface area (Å²) in [6.07, 6.45) is 1.68. The van der Waals surface area contributed by atoms with Gasteiger partial charge in [-0.25, -0.2) is 9.97 Å². The first-order chi connectivity index (χ1) is 13.5. The number of fused-ring (bicyclic) bond motifs is 1. The van der Waals surface area contributed by atoms with Crippen LogP contribution in [0.15, 0.2) is 30.5 Å². The molecule has 0 spiro atoms. The average Bonchev–Trinajstić information content (AvgIpc) is 2.92. The molecule has 1 atom stereocenters. The van der Waals surface area contributed by atoms with Crippen LogP contribution in [-0.2, 0) is 16.1 Å². The number of rotatable bonds is 4. The number of aromatic nitrogens is 2. The summed E-state index contributed by atoms with van der Waals surface area (Å²) in [6.45, 7) is 0.221. The molecule has 2 aliphatic rings. The highest BCUT2D eigenvalue weighted by atomic mass is 35.5. The maximum atomic E-state index is 13.0. The highest BCUT2D eigenvalue weighted by Crippen LogP contribution is 2.30. The van der Waals surface area contributed by atoms with Crippen LogP contribution >= 0.6 is 11.6 Å². The predicted octanol–water partition coefficient (Wildman–Crippen LogP) is 1.14. The minimum absolute atomic E-state index is 0.0761. The largest absolute Gasteiger partial charge is 0.366 e. The first-order valence-corrected chi connectivity index (χ1v) is 8.89. The summed E-state index contributed by atoms with van der Waals surface area (Å²) in [5.41, 5.74) is 1.06. The van der Waals surface area contributed by atoms with Crippen LogP contribution in [0.5, 0.6) is 0 Å². The molecule has 2 aliphatic heterocycles. The van der Waals surface area contributed by atoms with Gasteiger partial charge in [0.25, 0.3) is 11.8 Å². The van der Waals surface area contributed by atoms with E-state index in [2.05, 4.69) is 20.6 Å². The first-order valence-electron chi connectivity index (χ1n) is 8.51. The van der Waals surface area contributed by atoms with E-state index in [1.807, 2.05) is 0 Å². The van der Waals surface area contributed by atoms with Crippen LogP contribution in [-0.4, -0.2) is 44.5 Å². The summed E-state index contributed by atoms with van der Waals surface area (Å²) in [6, 6.07) is 5.56. The van der Waals surface area contributed by atoms with Crippen molar-refractivity contribution in [3.63, 3.8) is 0 Å². The van der Waals surface area contributed by atoms with Crippen molar-refractivity contribution < 1.29 is 19.2 Å². The number of benzene rings is 1. The van der Waals surface area contributed by atoms with Gasteiger partial charge in [-0.2, -0.15) is 0 Å². The minimum Gasteiger partial charge on any atom is -0.366 e. The fourth-order valence-corrected chi connectivity index (χ4v) is 3.50. The van der Waals surface area contributed by atoms with Crippen LogP contribution in [0.3, 0.4) is 0 Å². The highest BCUT2D eigenvalue weighted by molar-refractivity contribution is 6.28. The first kappa shape index (κ1) is 18.1. The Morgan fingerprint density at radius 2 is 2.00 bits per heavy atom. The molecule has 1 saturated heterocycles. The van der Waals surface area contributed by atoms with Crippen molar-refractivity contribution in [2.45, 2.75) is 25.4 Å². The molecular weight excluding hydrogens is 386 g/mol. The fourth-order valence-electron chi connectivity index (χ4n) is 3.35. The van der Waals surface area contributed by atoms with E-state index < -0.39 is 29.7 Å². The second-order valence-electron chi connectivity index (χ2n) is 6.35. The predicted molar refractivity (Wildman–Crippen MR) is 97.5 cm³/mol. The number of carbonyl (C=O) groups excluding carboxylic acids is 4. The fraction of sp³-hybridized carbons (Fsp3) is 0.222. The summed E-state index contributed by atoms with van der Waals surface area (Å²) in [5, 5.41) is 5.29. The van der Waals surface area contributed by atoms with Gasteiger partial charge in [0.2, 0.25) is 17.1 Å². The molecule has 4 rings (SSSR count). The molecule has 142 valence electrons. The van der Waals surface area contributed by atoms with Gasteiger partial charge in [-0.1, -0.05) is 12.1 Å². The lowest BCUT2D eigenvalue weighted by Gasteiger charge is -2.27. The zero-order chi connectivity index (χ0) is 19.8. The Morgan fingerprint density at radius 3 is 2.75 bits per heavy atom. The second kappa shape index (κ2) is 7.01. The standard InChI is InChI=1S/C18H14ClN5O4/c19-18-20-7-6-12(22-18)21-8-9-2-1-3-10-14(9)17(28)24(16(10)27)11-4-5-13(25)23-15(11)26/h1-3,6-7,11H,4-5,8H2,(H,20,21,22)(H,23,25,26). The second-order valence-corrected chi connectivity index (χ2v) is 6.69. The molecule has 0 saturated carbocycles. The van der Waals surface area contributed by atoms with Gasteiger partial charge in [0, 0.05) is 19.2 Å². The van der Waals surface area contributed by atoms with E-state index in [4.69, 9.17) is 11.6 Å². The van der Waals surface area contributed by atoms with Gasteiger partial charge < -0.3 is 5.32 Å². The summed E-state index contributed by atoms with van der Waals surface area (Å²) < 4.78 is 0. The number of amides is 4. The summed E-state index contributed by atoms with van der Waals surface area (Å²) in [5.74, 6) is -1.67. The maximum absolute atomic E-state index is 13.0.